The summed E-state index contributed by atoms with van der Waals surface area (Å²) < 4.78 is 0. The molecule has 1 aromatic rings. The number of hydrogen-bond acceptors (Lipinski definition) is 1. The lowest BCUT2D eigenvalue weighted by Gasteiger charge is -2.34. The molecule has 0 saturated heterocycles. The van der Waals surface area contributed by atoms with Gasteiger partial charge < -0.3 is 4.90 Å². The van der Waals surface area contributed by atoms with E-state index in [1.165, 1.54) is 64.2 Å². The SMILES string of the molecule is CN(C)C1CCc2cccc(C3CCCC3C3CCCC3)c2C1. The smallest absolute Gasteiger partial charge is 0.0133 e. The second-order valence-corrected chi connectivity index (χ2v) is 8.59. The largest absolute Gasteiger partial charge is 0.306 e. The van der Waals surface area contributed by atoms with Gasteiger partial charge in [-0.2, -0.15) is 0 Å². The van der Waals surface area contributed by atoms with Crippen molar-refractivity contribution in [3.63, 3.8) is 0 Å². The Bertz CT molecular complexity index is 541. The first-order valence-corrected chi connectivity index (χ1v) is 10.0. The molecule has 23 heavy (non-hydrogen) atoms. The van der Waals surface area contributed by atoms with Crippen LogP contribution in [-0.2, 0) is 12.8 Å². The van der Waals surface area contributed by atoms with Gasteiger partial charge in [0.25, 0.3) is 0 Å². The molecular weight excluding hydrogens is 278 g/mol. The van der Waals surface area contributed by atoms with E-state index in [0.29, 0.717) is 0 Å². The van der Waals surface area contributed by atoms with Crippen LogP contribution in [0.1, 0.15) is 74.0 Å². The van der Waals surface area contributed by atoms with Crippen LogP contribution in [0.25, 0.3) is 0 Å². The predicted octanol–water partition coefficient (Wildman–Crippen LogP) is 5.18. The van der Waals surface area contributed by atoms with Crippen molar-refractivity contribution in [1.82, 2.24) is 4.90 Å². The molecule has 0 spiro atoms. The third kappa shape index (κ3) is 2.97. The molecule has 3 aliphatic carbocycles. The normalized spacial score (nSPS) is 31.7. The van der Waals surface area contributed by atoms with Gasteiger partial charge in [0, 0.05) is 6.04 Å². The highest BCUT2D eigenvalue weighted by atomic mass is 15.1. The molecule has 3 unspecified atom stereocenters. The van der Waals surface area contributed by atoms with Crippen LogP contribution in [-0.4, -0.2) is 25.0 Å². The minimum Gasteiger partial charge on any atom is -0.306 e. The standard InChI is InChI=1S/C22H33N/c1-23(2)18-14-13-17-9-5-11-21(22(17)15-18)20-12-6-10-19(20)16-7-3-4-8-16/h5,9,11,16,18-20H,3-4,6-8,10,12-15H2,1-2H3. The lowest BCUT2D eigenvalue weighted by Crippen LogP contribution is -2.34. The molecule has 2 fully saturated rings. The number of nitrogens with zero attached hydrogens (tertiary/aromatic N) is 1. The van der Waals surface area contributed by atoms with Crippen LogP contribution in [0.4, 0.5) is 0 Å². The molecule has 0 radical (unpaired) electrons. The summed E-state index contributed by atoms with van der Waals surface area (Å²) in [6, 6.07) is 8.00. The molecule has 0 amide bonds. The van der Waals surface area contributed by atoms with Crippen molar-refractivity contribution in [2.24, 2.45) is 11.8 Å². The summed E-state index contributed by atoms with van der Waals surface area (Å²) in [4.78, 5) is 2.45. The van der Waals surface area contributed by atoms with E-state index in [-0.39, 0.29) is 0 Å². The van der Waals surface area contributed by atoms with E-state index in [1.54, 1.807) is 16.7 Å². The summed E-state index contributed by atoms with van der Waals surface area (Å²) in [6.45, 7) is 0. The zero-order chi connectivity index (χ0) is 15.8. The third-order valence-electron chi connectivity index (χ3n) is 7.20. The zero-order valence-electron chi connectivity index (χ0n) is 15.1. The van der Waals surface area contributed by atoms with Gasteiger partial charge in [-0.3, -0.25) is 0 Å². The third-order valence-corrected chi connectivity index (χ3v) is 7.20. The van der Waals surface area contributed by atoms with E-state index in [9.17, 15) is 0 Å². The van der Waals surface area contributed by atoms with Crippen molar-refractivity contribution in [3.05, 3.63) is 34.9 Å². The molecule has 126 valence electrons. The molecule has 1 aromatic carbocycles. The summed E-state index contributed by atoms with van der Waals surface area (Å²) in [5.41, 5.74) is 5.16. The lowest BCUT2D eigenvalue weighted by atomic mass is 9.75. The summed E-state index contributed by atoms with van der Waals surface area (Å²) in [7, 11) is 4.52. The van der Waals surface area contributed by atoms with E-state index in [0.717, 1.165) is 23.8 Å². The van der Waals surface area contributed by atoms with Gasteiger partial charge in [0.05, 0.1) is 0 Å². The Morgan fingerprint density at radius 1 is 0.913 bits per heavy atom. The number of aryl methyl sites for hydroxylation is 1. The summed E-state index contributed by atoms with van der Waals surface area (Å²) in [5.74, 6) is 2.89. The Kier molecular flexibility index (Phi) is 4.50. The minimum absolute atomic E-state index is 0.745. The molecule has 1 heteroatoms. The molecule has 0 aromatic heterocycles. The number of fused-ring (bicyclic) bond motifs is 1. The van der Waals surface area contributed by atoms with Crippen molar-refractivity contribution in [2.75, 3.05) is 14.1 Å². The Morgan fingerprint density at radius 3 is 2.52 bits per heavy atom. The van der Waals surface area contributed by atoms with Crippen LogP contribution in [0, 0.1) is 11.8 Å². The maximum absolute atomic E-state index is 2.49. The van der Waals surface area contributed by atoms with Crippen molar-refractivity contribution in [2.45, 2.75) is 76.2 Å². The quantitative estimate of drug-likeness (QED) is 0.743. The first-order chi connectivity index (χ1) is 11.2. The van der Waals surface area contributed by atoms with E-state index in [4.69, 9.17) is 0 Å². The van der Waals surface area contributed by atoms with Crippen LogP contribution in [0.5, 0.6) is 0 Å². The topological polar surface area (TPSA) is 3.24 Å². The molecule has 0 bridgehead atoms. The lowest BCUT2D eigenvalue weighted by molar-refractivity contribution is 0.265. The van der Waals surface area contributed by atoms with Gasteiger partial charge in [0.2, 0.25) is 0 Å². The predicted molar refractivity (Wildman–Crippen MR) is 98.0 cm³/mol. The Balaban J connectivity index is 1.64. The van der Waals surface area contributed by atoms with Crippen LogP contribution < -0.4 is 0 Å². The molecule has 3 aliphatic rings. The van der Waals surface area contributed by atoms with Gasteiger partial charge in [-0.05, 0) is 80.6 Å². The van der Waals surface area contributed by atoms with Gasteiger partial charge >= 0.3 is 0 Å². The maximum Gasteiger partial charge on any atom is 0.0133 e. The first-order valence-electron chi connectivity index (χ1n) is 10.0. The summed E-state index contributed by atoms with van der Waals surface area (Å²) in [5, 5.41) is 0. The Hall–Kier alpha value is -0.820. The fourth-order valence-electron chi connectivity index (χ4n) is 5.91. The van der Waals surface area contributed by atoms with E-state index in [2.05, 4.69) is 37.2 Å². The van der Waals surface area contributed by atoms with E-state index in [1.807, 2.05) is 0 Å². The zero-order valence-corrected chi connectivity index (χ0v) is 15.1. The molecule has 0 N–H and O–H groups in total. The molecule has 1 nitrogen and oxygen atoms in total. The molecule has 0 aliphatic heterocycles. The number of hydrogen-bond donors (Lipinski definition) is 0. The highest BCUT2D eigenvalue weighted by molar-refractivity contribution is 5.41. The number of rotatable bonds is 3. The molecule has 4 rings (SSSR count). The molecule has 3 atom stereocenters. The minimum atomic E-state index is 0.745. The Morgan fingerprint density at radius 2 is 1.74 bits per heavy atom. The summed E-state index contributed by atoms with van der Waals surface area (Å²) in [6.07, 6.45) is 14.3. The van der Waals surface area contributed by atoms with Crippen molar-refractivity contribution in [1.29, 1.82) is 0 Å². The second kappa shape index (κ2) is 6.59. The average Bonchev–Trinajstić information content (AvgIpc) is 3.24. The number of benzene rings is 1. The van der Waals surface area contributed by atoms with Crippen LogP contribution in [0.3, 0.4) is 0 Å². The van der Waals surface area contributed by atoms with Gasteiger partial charge in [0.1, 0.15) is 0 Å². The van der Waals surface area contributed by atoms with Crippen LogP contribution in [0.2, 0.25) is 0 Å². The van der Waals surface area contributed by atoms with Gasteiger partial charge in [-0.1, -0.05) is 50.3 Å². The summed E-state index contributed by atoms with van der Waals surface area (Å²) >= 11 is 0. The average molecular weight is 312 g/mol. The maximum atomic E-state index is 2.49. The fourth-order valence-corrected chi connectivity index (χ4v) is 5.91. The molecule has 0 heterocycles. The van der Waals surface area contributed by atoms with E-state index >= 15 is 0 Å². The Labute approximate surface area is 142 Å². The number of likely N-dealkylation sites (N-methyl/N-ethyl adjacent to an activating group) is 1. The van der Waals surface area contributed by atoms with Gasteiger partial charge in [-0.25, -0.2) is 0 Å². The second-order valence-electron chi connectivity index (χ2n) is 8.59. The van der Waals surface area contributed by atoms with Gasteiger partial charge in [0.15, 0.2) is 0 Å². The van der Waals surface area contributed by atoms with Crippen molar-refractivity contribution in [3.8, 4) is 0 Å². The first kappa shape index (κ1) is 15.7. The molecule has 2 saturated carbocycles. The highest BCUT2D eigenvalue weighted by Gasteiger charge is 2.37. The highest BCUT2D eigenvalue weighted by Crippen LogP contribution is 2.49. The van der Waals surface area contributed by atoms with Crippen molar-refractivity contribution >= 4 is 0 Å². The van der Waals surface area contributed by atoms with Crippen LogP contribution in [0.15, 0.2) is 18.2 Å². The van der Waals surface area contributed by atoms with Gasteiger partial charge in [-0.15, -0.1) is 0 Å². The van der Waals surface area contributed by atoms with Crippen LogP contribution >= 0.6 is 0 Å². The van der Waals surface area contributed by atoms with Crippen molar-refractivity contribution < 1.29 is 0 Å². The fraction of sp³-hybridized carbons (Fsp3) is 0.727. The monoisotopic (exact) mass is 311 g/mol. The molecular formula is C22H33N. The van der Waals surface area contributed by atoms with E-state index < -0.39 is 0 Å².